The van der Waals surface area contributed by atoms with Gasteiger partial charge in [0.25, 0.3) is 0 Å². The van der Waals surface area contributed by atoms with Crippen LogP contribution in [0.15, 0.2) is 30.3 Å². The molecule has 0 fully saturated rings. The van der Waals surface area contributed by atoms with E-state index in [9.17, 15) is 0 Å². The minimum Gasteiger partial charge on any atom is -0.236 e. The molecule has 2 heteroatoms. The normalized spacial score (nSPS) is 10.7. The van der Waals surface area contributed by atoms with E-state index in [0.29, 0.717) is 5.15 Å². The van der Waals surface area contributed by atoms with Crippen LogP contribution >= 0.6 is 11.6 Å². The molecule has 1 nitrogen and oxygen atoms in total. The van der Waals surface area contributed by atoms with Crippen molar-refractivity contribution >= 4 is 22.5 Å². The minimum atomic E-state index is 0.570. The maximum absolute atomic E-state index is 5.88. The molecule has 2 aromatic rings. The van der Waals surface area contributed by atoms with Crippen molar-refractivity contribution in [3.05, 3.63) is 41.0 Å². The standard InChI is InChI=1S/C12H12ClN/c1-2-4-9-5-3-6-10-7-8-11(13)14-12(9)10/h3,5-8H,2,4H2,1H3. The predicted octanol–water partition coefficient (Wildman–Crippen LogP) is 3.84. The number of rotatable bonds is 2. The van der Waals surface area contributed by atoms with Crippen molar-refractivity contribution in [2.75, 3.05) is 0 Å². The molecule has 0 saturated carbocycles. The van der Waals surface area contributed by atoms with E-state index in [2.05, 4.69) is 30.1 Å². The minimum absolute atomic E-state index is 0.570. The van der Waals surface area contributed by atoms with Gasteiger partial charge in [-0.2, -0.15) is 0 Å². The van der Waals surface area contributed by atoms with Crippen LogP contribution < -0.4 is 0 Å². The number of aromatic nitrogens is 1. The highest BCUT2D eigenvalue weighted by molar-refractivity contribution is 6.29. The van der Waals surface area contributed by atoms with Gasteiger partial charge in [0.2, 0.25) is 0 Å². The molecule has 0 unspecified atom stereocenters. The topological polar surface area (TPSA) is 12.9 Å². The molecule has 0 radical (unpaired) electrons. The van der Waals surface area contributed by atoms with Crippen LogP contribution in [0.2, 0.25) is 5.15 Å². The fourth-order valence-electron chi connectivity index (χ4n) is 1.66. The highest BCUT2D eigenvalue weighted by Crippen LogP contribution is 2.20. The third kappa shape index (κ3) is 1.73. The summed E-state index contributed by atoms with van der Waals surface area (Å²) in [7, 11) is 0. The van der Waals surface area contributed by atoms with Crippen molar-refractivity contribution in [1.29, 1.82) is 0 Å². The number of fused-ring (bicyclic) bond motifs is 1. The third-order valence-corrected chi connectivity index (χ3v) is 2.50. The van der Waals surface area contributed by atoms with E-state index < -0.39 is 0 Å². The smallest absolute Gasteiger partial charge is 0.129 e. The summed E-state index contributed by atoms with van der Waals surface area (Å²) < 4.78 is 0. The molecule has 0 aliphatic heterocycles. The summed E-state index contributed by atoms with van der Waals surface area (Å²) in [6.07, 6.45) is 2.19. The van der Waals surface area contributed by atoms with E-state index in [0.717, 1.165) is 18.4 Å². The maximum Gasteiger partial charge on any atom is 0.129 e. The lowest BCUT2D eigenvalue weighted by Gasteiger charge is -2.04. The highest BCUT2D eigenvalue weighted by atomic mass is 35.5. The number of nitrogens with zero attached hydrogens (tertiary/aromatic N) is 1. The first-order valence-corrected chi connectivity index (χ1v) is 5.23. The number of pyridine rings is 1. The molecule has 0 saturated heterocycles. The zero-order chi connectivity index (χ0) is 9.97. The second-order valence-electron chi connectivity index (χ2n) is 3.37. The highest BCUT2D eigenvalue weighted by Gasteiger charge is 2.01. The Bertz CT molecular complexity index is 451. The Morgan fingerprint density at radius 2 is 2.07 bits per heavy atom. The summed E-state index contributed by atoms with van der Waals surface area (Å²) >= 11 is 5.88. The summed E-state index contributed by atoms with van der Waals surface area (Å²) in [5.41, 5.74) is 2.33. The molecule has 0 spiro atoms. The van der Waals surface area contributed by atoms with Gasteiger partial charge >= 0.3 is 0 Å². The lowest BCUT2D eigenvalue weighted by Crippen LogP contribution is -1.88. The molecule has 72 valence electrons. The van der Waals surface area contributed by atoms with Gasteiger partial charge in [0.05, 0.1) is 5.52 Å². The molecule has 1 aromatic heterocycles. The second-order valence-corrected chi connectivity index (χ2v) is 3.76. The Balaban J connectivity index is 2.64. The maximum atomic E-state index is 5.88. The molecule has 0 amide bonds. The van der Waals surface area contributed by atoms with Crippen molar-refractivity contribution in [3.8, 4) is 0 Å². The third-order valence-electron chi connectivity index (χ3n) is 2.29. The summed E-state index contributed by atoms with van der Waals surface area (Å²) in [5, 5.41) is 1.74. The van der Waals surface area contributed by atoms with E-state index in [-0.39, 0.29) is 0 Å². The van der Waals surface area contributed by atoms with Crippen LogP contribution in [0.4, 0.5) is 0 Å². The van der Waals surface area contributed by atoms with Gasteiger partial charge in [0.15, 0.2) is 0 Å². The van der Waals surface area contributed by atoms with E-state index in [1.807, 2.05) is 12.1 Å². The van der Waals surface area contributed by atoms with E-state index in [1.165, 1.54) is 10.9 Å². The molecule has 0 aliphatic carbocycles. The van der Waals surface area contributed by atoms with E-state index in [4.69, 9.17) is 11.6 Å². The summed E-state index contributed by atoms with van der Waals surface area (Å²) in [5.74, 6) is 0. The molecule has 1 aromatic carbocycles. The Hall–Kier alpha value is -1.08. The number of halogens is 1. The van der Waals surface area contributed by atoms with E-state index >= 15 is 0 Å². The van der Waals surface area contributed by atoms with Crippen molar-refractivity contribution in [3.63, 3.8) is 0 Å². The Morgan fingerprint density at radius 3 is 2.86 bits per heavy atom. The van der Waals surface area contributed by atoms with Gasteiger partial charge in [-0.3, -0.25) is 0 Å². The molecule has 0 aliphatic rings. The Morgan fingerprint density at radius 1 is 1.21 bits per heavy atom. The first-order valence-electron chi connectivity index (χ1n) is 4.85. The van der Waals surface area contributed by atoms with Gasteiger partial charge in [-0.15, -0.1) is 0 Å². The fourth-order valence-corrected chi connectivity index (χ4v) is 1.80. The quantitative estimate of drug-likeness (QED) is 0.679. The van der Waals surface area contributed by atoms with Crippen LogP contribution in [-0.4, -0.2) is 4.98 Å². The lowest BCUT2D eigenvalue weighted by atomic mass is 10.1. The first kappa shape index (κ1) is 9.47. The van der Waals surface area contributed by atoms with Crippen molar-refractivity contribution in [1.82, 2.24) is 4.98 Å². The molecule has 0 atom stereocenters. The van der Waals surface area contributed by atoms with Crippen LogP contribution in [0.25, 0.3) is 10.9 Å². The average molecular weight is 206 g/mol. The molecule has 14 heavy (non-hydrogen) atoms. The van der Waals surface area contributed by atoms with Crippen LogP contribution in [0.3, 0.4) is 0 Å². The van der Waals surface area contributed by atoms with Gasteiger partial charge in [-0.1, -0.05) is 43.1 Å². The summed E-state index contributed by atoms with van der Waals surface area (Å²) in [4.78, 5) is 4.36. The number of hydrogen-bond donors (Lipinski definition) is 0. The van der Waals surface area contributed by atoms with Crippen molar-refractivity contribution in [2.24, 2.45) is 0 Å². The Labute approximate surface area is 88.7 Å². The monoisotopic (exact) mass is 205 g/mol. The van der Waals surface area contributed by atoms with Gasteiger partial charge in [0.1, 0.15) is 5.15 Å². The second kappa shape index (κ2) is 3.97. The number of hydrogen-bond acceptors (Lipinski definition) is 1. The molecule has 1 heterocycles. The fraction of sp³-hybridized carbons (Fsp3) is 0.250. The molecular formula is C12H12ClN. The average Bonchev–Trinajstić information content (AvgIpc) is 2.19. The van der Waals surface area contributed by atoms with Gasteiger partial charge in [-0.25, -0.2) is 4.98 Å². The largest absolute Gasteiger partial charge is 0.236 e. The molecular weight excluding hydrogens is 194 g/mol. The van der Waals surface area contributed by atoms with Crippen LogP contribution in [0.1, 0.15) is 18.9 Å². The van der Waals surface area contributed by atoms with Gasteiger partial charge in [0, 0.05) is 5.39 Å². The van der Waals surface area contributed by atoms with Crippen molar-refractivity contribution < 1.29 is 0 Å². The number of aryl methyl sites for hydroxylation is 1. The lowest BCUT2D eigenvalue weighted by molar-refractivity contribution is 0.926. The molecule has 0 bridgehead atoms. The SMILES string of the molecule is CCCc1cccc2ccc(Cl)nc12. The zero-order valence-electron chi connectivity index (χ0n) is 8.13. The van der Waals surface area contributed by atoms with E-state index in [1.54, 1.807) is 0 Å². The summed E-state index contributed by atoms with van der Waals surface area (Å²) in [6.45, 7) is 2.17. The molecule has 0 N–H and O–H groups in total. The zero-order valence-corrected chi connectivity index (χ0v) is 8.88. The first-order chi connectivity index (χ1) is 6.81. The molecule has 2 rings (SSSR count). The van der Waals surface area contributed by atoms with Gasteiger partial charge < -0.3 is 0 Å². The van der Waals surface area contributed by atoms with Gasteiger partial charge in [-0.05, 0) is 24.1 Å². The van der Waals surface area contributed by atoms with Crippen LogP contribution in [0.5, 0.6) is 0 Å². The number of benzene rings is 1. The van der Waals surface area contributed by atoms with Crippen LogP contribution in [0, 0.1) is 0 Å². The van der Waals surface area contributed by atoms with Crippen molar-refractivity contribution in [2.45, 2.75) is 19.8 Å². The predicted molar refractivity (Wildman–Crippen MR) is 60.7 cm³/mol. The van der Waals surface area contributed by atoms with Crippen LogP contribution in [-0.2, 0) is 6.42 Å². The number of para-hydroxylation sites is 1. The summed E-state index contributed by atoms with van der Waals surface area (Å²) in [6, 6.07) is 10.1. The Kier molecular flexibility index (Phi) is 2.69.